The van der Waals surface area contributed by atoms with E-state index in [1.807, 2.05) is 63.2 Å². The molecule has 0 bridgehead atoms. The molecule has 0 aliphatic heterocycles. The maximum absolute atomic E-state index is 13.0. The zero-order valence-corrected chi connectivity index (χ0v) is 21.2. The van der Waals surface area contributed by atoms with Gasteiger partial charge in [-0.1, -0.05) is 30.3 Å². The highest BCUT2D eigenvalue weighted by atomic mass is 32.1. The van der Waals surface area contributed by atoms with Crippen molar-refractivity contribution in [1.29, 1.82) is 0 Å². The van der Waals surface area contributed by atoms with Crippen LogP contribution in [0.4, 0.5) is 10.9 Å². The van der Waals surface area contributed by atoms with Gasteiger partial charge >= 0.3 is 0 Å². The van der Waals surface area contributed by atoms with E-state index in [4.69, 9.17) is 9.47 Å². The van der Waals surface area contributed by atoms with Gasteiger partial charge in [0.15, 0.2) is 11.5 Å². The van der Waals surface area contributed by atoms with Gasteiger partial charge < -0.3 is 20.1 Å². The van der Waals surface area contributed by atoms with Crippen LogP contribution >= 0.6 is 11.3 Å². The Hall–Kier alpha value is -3.91. The Morgan fingerprint density at radius 3 is 2.26 bits per heavy atom. The summed E-state index contributed by atoms with van der Waals surface area (Å²) in [5.74, 6) is 1.52. The first-order chi connectivity index (χ1) is 16.9. The number of nitrogens with zero attached hydrogens (tertiary/aromatic N) is 2. The highest BCUT2D eigenvalue weighted by molar-refractivity contribution is 7.16. The molecule has 0 saturated carbocycles. The summed E-state index contributed by atoms with van der Waals surface area (Å²) in [5, 5.41) is 7.32. The molecule has 4 rings (SSSR count). The summed E-state index contributed by atoms with van der Waals surface area (Å²) in [4.78, 5) is 23.2. The van der Waals surface area contributed by atoms with Crippen LogP contribution in [0.1, 0.15) is 43.8 Å². The average Bonchev–Trinajstić information content (AvgIpc) is 3.21. The third-order valence-electron chi connectivity index (χ3n) is 5.46. The molecule has 4 aromatic rings. The quantitative estimate of drug-likeness (QED) is 0.320. The summed E-state index contributed by atoms with van der Waals surface area (Å²) >= 11 is 1.52. The van der Waals surface area contributed by atoms with Crippen molar-refractivity contribution in [2.75, 3.05) is 24.9 Å². The van der Waals surface area contributed by atoms with E-state index >= 15 is 0 Å². The number of benzene rings is 2. The van der Waals surface area contributed by atoms with Crippen LogP contribution < -0.4 is 20.1 Å². The fraction of sp³-hybridized carbons (Fsp3) is 0.222. The third kappa shape index (κ3) is 5.44. The number of hydrogen-bond donors (Lipinski definition) is 2. The van der Waals surface area contributed by atoms with Crippen LogP contribution in [0.15, 0.2) is 60.7 Å². The van der Waals surface area contributed by atoms with E-state index in [1.54, 1.807) is 26.4 Å². The van der Waals surface area contributed by atoms with Gasteiger partial charge in [-0.15, -0.1) is 11.3 Å². The molecule has 2 heterocycles. The average molecular weight is 489 g/mol. The number of carbonyl (C=O) groups excluding carboxylic acids is 1. The first kappa shape index (κ1) is 24.2. The second-order valence-corrected chi connectivity index (χ2v) is 9.35. The lowest BCUT2D eigenvalue weighted by Crippen LogP contribution is -2.18. The molecule has 8 heteroatoms. The number of aromatic nitrogens is 2. The van der Waals surface area contributed by atoms with Gasteiger partial charge in [-0.25, -0.2) is 9.97 Å². The van der Waals surface area contributed by atoms with Crippen LogP contribution in [-0.4, -0.2) is 30.1 Å². The zero-order valence-electron chi connectivity index (χ0n) is 20.4. The highest BCUT2D eigenvalue weighted by Gasteiger charge is 2.27. The number of rotatable bonds is 8. The summed E-state index contributed by atoms with van der Waals surface area (Å²) in [6.07, 6.45) is 0. The number of thiophene rings is 1. The Labute approximate surface area is 209 Å². The molecule has 0 unspecified atom stereocenters. The van der Waals surface area contributed by atoms with E-state index in [1.165, 1.54) is 11.3 Å². The first-order valence-electron chi connectivity index (χ1n) is 11.2. The lowest BCUT2D eigenvalue weighted by atomic mass is 9.98. The van der Waals surface area contributed by atoms with Crippen molar-refractivity contribution in [2.45, 2.75) is 26.8 Å². The fourth-order valence-electron chi connectivity index (χ4n) is 3.99. The number of aryl methyl sites for hydroxylation is 3. The number of amides is 1. The third-order valence-corrected chi connectivity index (χ3v) is 6.44. The molecule has 35 heavy (non-hydrogen) atoms. The van der Waals surface area contributed by atoms with Crippen LogP contribution in [0.2, 0.25) is 0 Å². The summed E-state index contributed by atoms with van der Waals surface area (Å²) in [7, 11) is 3.22. The topological polar surface area (TPSA) is 85.4 Å². The number of ether oxygens (including phenoxy) is 2. The van der Waals surface area contributed by atoms with Crippen LogP contribution in [0.3, 0.4) is 0 Å². The fourth-order valence-corrected chi connectivity index (χ4v) is 4.94. The molecule has 0 fully saturated rings. The van der Waals surface area contributed by atoms with Gasteiger partial charge in [0, 0.05) is 33.0 Å². The van der Waals surface area contributed by atoms with E-state index in [0.29, 0.717) is 23.0 Å². The van der Waals surface area contributed by atoms with Gasteiger partial charge in [-0.3, -0.25) is 4.79 Å². The molecular formula is C27H28N4O3S. The number of nitrogens with one attached hydrogen (secondary N) is 2. The van der Waals surface area contributed by atoms with Crippen molar-refractivity contribution >= 4 is 28.2 Å². The minimum atomic E-state index is -0.419. The van der Waals surface area contributed by atoms with E-state index in [-0.39, 0.29) is 5.91 Å². The standard InChI is InChI=1S/C27H28N4O3S/c1-16-14-17(2)29-27(28-16)30-23(20-12-9-13-22(33-4)24(20)34-5)21-15-18(3)35-26(21)31-25(32)19-10-7-6-8-11-19/h6-15,23H,1-5H3,(H,31,32)(H,28,29,30)/t23-/m0/s1. The minimum Gasteiger partial charge on any atom is -0.493 e. The number of carbonyl (C=O) groups is 1. The largest absolute Gasteiger partial charge is 0.493 e. The molecule has 7 nitrogen and oxygen atoms in total. The van der Waals surface area contributed by atoms with Crippen LogP contribution in [0, 0.1) is 20.8 Å². The summed E-state index contributed by atoms with van der Waals surface area (Å²) < 4.78 is 11.3. The maximum Gasteiger partial charge on any atom is 0.256 e. The summed E-state index contributed by atoms with van der Waals surface area (Å²) in [6.45, 7) is 5.88. The molecule has 0 spiro atoms. The molecule has 0 saturated heterocycles. The van der Waals surface area contributed by atoms with Gasteiger partial charge in [0.25, 0.3) is 5.91 Å². The van der Waals surface area contributed by atoms with Gasteiger partial charge in [-0.05, 0) is 51.1 Å². The van der Waals surface area contributed by atoms with E-state index < -0.39 is 6.04 Å². The Morgan fingerprint density at radius 1 is 0.886 bits per heavy atom. The SMILES string of the molecule is COc1cccc([C@H](Nc2nc(C)cc(C)n2)c2cc(C)sc2NC(=O)c2ccccc2)c1OC. The Bertz CT molecular complexity index is 1320. The molecule has 2 N–H and O–H groups in total. The van der Waals surface area contributed by atoms with Crippen LogP contribution in [0.25, 0.3) is 0 Å². The van der Waals surface area contributed by atoms with Crippen LogP contribution in [0.5, 0.6) is 11.5 Å². The summed E-state index contributed by atoms with van der Waals surface area (Å²) in [5.41, 5.74) is 4.02. The molecule has 1 amide bonds. The van der Waals surface area contributed by atoms with Crippen molar-refractivity contribution in [2.24, 2.45) is 0 Å². The number of hydrogen-bond acceptors (Lipinski definition) is 7. The summed E-state index contributed by atoms with van der Waals surface area (Å²) in [6, 6.07) is 18.5. The Balaban J connectivity index is 1.83. The molecule has 2 aromatic heterocycles. The van der Waals surface area contributed by atoms with E-state index in [9.17, 15) is 4.79 Å². The second-order valence-electron chi connectivity index (χ2n) is 8.10. The lowest BCUT2D eigenvalue weighted by molar-refractivity contribution is 0.102. The number of para-hydroxylation sites is 1. The molecule has 0 aliphatic carbocycles. The molecule has 0 radical (unpaired) electrons. The highest BCUT2D eigenvalue weighted by Crippen LogP contribution is 2.43. The molecule has 0 aliphatic rings. The second kappa shape index (κ2) is 10.6. The molecule has 2 aromatic carbocycles. The predicted molar refractivity (Wildman–Crippen MR) is 140 cm³/mol. The lowest BCUT2D eigenvalue weighted by Gasteiger charge is -2.23. The molecule has 180 valence electrons. The Morgan fingerprint density at radius 2 is 1.60 bits per heavy atom. The van der Waals surface area contributed by atoms with Gasteiger partial charge in [0.2, 0.25) is 5.95 Å². The van der Waals surface area contributed by atoms with Crippen molar-refractivity contribution in [1.82, 2.24) is 9.97 Å². The van der Waals surface area contributed by atoms with Crippen LogP contribution in [-0.2, 0) is 0 Å². The monoisotopic (exact) mass is 488 g/mol. The normalized spacial score (nSPS) is 11.6. The van der Waals surface area contributed by atoms with Crippen molar-refractivity contribution < 1.29 is 14.3 Å². The molecule has 1 atom stereocenters. The smallest absolute Gasteiger partial charge is 0.256 e. The van der Waals surface area contributed by atoms with Gasteiger partial charge in [0.1, 0.15) is 5.00 Å². The van der Waals surface area contributed by atoms with Gasteiger partial charge in [-0.2, -0.15) is 0 Å². The minimum absolute atomic E-state index is 0.173. The first-order valence-corrected chi connectivity index (χ1v) is 12.0. The Kier molecular flexibility index (Phi) is 7.31. The van der Waals surface area contributed by atoms with Crippen molar-refractivity contribution in [3.8, 4) is 11.5 Å². The number of methoxy groups -OCH3 is 2. The zero-order chi connectivity index (χ0) is 24.9. The van der Waals surface area contributed by atoms with E-state index in [0.717, 1.165) is 32.4 Å². The molecular weight excluding hydrogens is 460 g/mol. The maximum atomic E-state index is 13.0. The predicted octanol–water partition coefficient (Wildman–Crippen LogP) is 5.93. The van der Waals surface area contributed by atoms with Crippen molar-refractivity contribution in [3.63, 3.8) is 0 Å². The number of anilines is 2. The van der Waals surface area contributed by atoms with Gasteiger partial charge in [0.05, 0.1) is 20.3 Å². The van der Waals surface area contributed by atoms with E-state index in [2.05, 4.69) is 26.7 Å². The van der Waals surface area contributed by atoms with Crippen molar-refractivity contribution in [3.05, 3.63) is 93.6 Å².